The molecule has 5 rings (SSSR count). The number of ether oxygens (including phenoxy) is 3. The Labute approximate surface area is 224 Å². The first kappa shape index (κ1) is 26.8. The molecule has 2 aliphatic rings. The largest absolute Gasteiger partial charge is 0.392 e. The van der Waals surface area contributed by atoms with Gasteiger partial charge in [-0.2, -0.15) is 0 Å². The van der Waals surface area contributed by atoms with E-state index in [-0.39, 0.29) is 29.6 Å². The second-order valence-electron chi connectivity index (χ2n) is 9.78. The van der Waals surface area contributed by atoms with E-state index in [1.54, 1.807) is 42.5 Å². The van der Waals surface area contributed by atoms with E-state index in [1.807, 2.05) is 36.4 Å². The monoisotopic (exact) mass is 538 g/mol. The van der Waals surface area contributed by atoms with Gasteiger partial charge in [0, 0.05) is 36.8 Å². The summed E-state index contributed by atoms with van der Waals surface area (Å²) in [6.07, 6.45) is -0.894. The number of aliphatic hydroxyl groups is 1. The Bertz CT molecular complexity index is 1280. The highest BCUT2D eigenvalue weighted by atomic mass is 32.2. The molecule has 0 spiro atoms. The van der Waals surface area contributed by atoms with Crippen LogP contribution < -0.4 is 4.72 Å². The van der Waals surface area contributed by atoms with Crippen molar-refractivity contribution in [3.8, 4) is 0 Å². The van der Waals surface area contributed by atoms with Crippen molar-refractivity contribution in [3.63, 3.8) is 0 Å². The Hall–Kier alpha value is -2.79. The van der Waals surface area contributed by atoms with Gasteiger partial charge in [-0.15, -0.1) is 0 Å². The third-order valence-electron chi connectivity index (χ3n) is 7.15. The van der Waals surface area contributed by atoms with Crippen molar-refractivity contribution in [2.45, 2.75) is 36.9 Å². The van der Waals surface area contributed by atoms with Crippen molar-refractivity contribution in [1.29, 1.82) is 0 Å². The van der Waals surface area contributed by atoms with Crippen LogP contribution in [0.4, 0.5) is 5.69 Å². The smallest absolute Gasteiger partial charge is 0.261 e. The van der Waals surface area contributed by atoms with Gasteiger partial charge >= 0.3 is 0 Å². The zero-order valence-corrected chi connectivity index (χ0v) is 22.2. The normalized spacial score (nSPS) is 24.7. The first-order valence-corrected chi connectivity index (χ1v) is 14.4. The number of morpholine rings is 1. The second-order valence-corrected chi connectivity index (χ2v) is 11.5. The topological polar surface area (TPSA) is 97.3 Å². The van der Waals surface area contributed by atoms with Crippen molar-refractivity contribution < 1.29 is 27.7 Å². The predicted octanol–water partition coefficient (Wildman–Crippen LogP) is 4.10. The number of rotatable bonds is 8. The summed E-state index contributed by atoms with van der Waals surface area (Å²) in [5.74, 6) is 0.0889. The van der Waals surface area contributed by atoms with Crippen LogP contribution in [-0.2, 0) is 30.8 Å². The van der Waals surface area contributed by atoms with E-state index in [9.17, 15) is 13.5 Å². The Balaban J connectivity index is 1.36. The van der Waals surface area contributed by atoms with E-state index in [0.717, 1.165) is 36.3 Å². The fourth-order valence-electron chi connectivity index (χ4n) is 4.89. The number of nitrogens with zero attached hydrogens (tertiary/aromatic N) is 1. The maximum Gasteiger partial charge on any atom is 0.261 e. The maximum atomic E-state index is 12.7. The number of aliphatic hydroxyl groups excluding tert-OH is 1. The van der Waals surface area contributed by atoms with Gasteiger partial charge in [0.1, 0.15) is 0 Å². The lowest BCUT2D eigenvalue weighted by molar-refractivity contribution is -0.277. The third-order valence-corrected chi connectivity index (χ3v) is 8.55. The van der Waals surface area contributed by atoms with Crippen molar-refractivity contribution in [3.05, 3.63) is 95.6 Å². The summed E-state index contributed by atoms with van der Waals surface area (Å²) in [5, 5.41) is 9.45. The quantitative estimate of drug-likeness (QED) is 0.446. The molecule has 9 heteroatoms. The fraction of sp³-hybridized carbons (Fsp3) is 0.379. The molecule has 202 valence electrons. The van der Waals surface area contributed by atoms with E-state index < -0.39 is 16.3 Å². The van der Waals surface area contributed by atoms with Crippen LogP contribution in [-0.4, -0.2) is 57.4 Å². The van der Waals surface area contributed by atoms with Gasteiger partial charge < -0.3 is 19.3 Å². The van der Waals surface area contributed by atoms with Gasteiger partial charge in [-0.1, -0.05) is 61.5 Å². The van der Waals surface area contributed by atoms with Gasteiger partial charge in [-0.05, 0) is 35.4 Å². The molecule has 4 unspecified atom stereocenters. The highest BCUT2D eigenvalue weighted by molar-refractivity contribution is 7.92. The molecule has 38 heavy (non-hydrogen) atoms. The molecule has 2 N–H and O–H groups in total. The fourth-order valence-corrected chi connectivity index (χ4v) is 5.97. The lowest BCUT2D eigenvalue weighted by Gasteiger charge is -2.43. The minimum absolute atomic E-state index is 0.00682. The van der Waals surface area contributed by atoms with Crippen LogP contribution in [0.15, 0.2) is 83.8 Å². The van der Waals surface area contributed by atoms with Gasteiger partial charge in [0.2, 0.25) is 0 Å². The molecule has 2 heterocycles. The summed E-state index contributed by atoms with van der Waals surface area (Å²) in [6, 6.07) is 23.2. The highest BCUT2D eigenvalue weighted by Crippen LogP contribution is 2.42. The minimum Gasteiger partial charge on any atom is -0.392 e. The molecule has 3 aromatic rings. The molecular weight excluding hydrogens is 504 g/mol. The molecule has 0 bridgehead atoms. The van der Waals surface area contributed by atoms with Gasteiger partial charge in [0.25, 0.3) is 10.0 Å². The van der Waals surface area contributed by atoms with E-state index in [1.165, 1.54) is 0 Å². The molecule has 2 aliphatic heterocycles. The first-order chi connectivity index (χ1) is 18.4. The van der Waals surface area contributed by atoms with Crippen LogP contribution in [0.1, 0.15) is 36.0 Å². The maximum absolute atomic E-state index is 12.7. The Kier molecular flexibility index (Phi) is 8.42. The highest BCUT2D eigenvalue weighted by Gasteiger charge is 2.39. The van der Waals surface area contributed by atoms with Crippen LogP contribution in [0.2, 0.25) is 0 Å². The molecular formula is C29H34N2O6S. The van der Waals surface area contributed by atoms with Crippen LogP contribution >= 0.6 is 0 Å². The summed E-state index contributed by atoms with van der Waals surface area (Å²) in [4.78, 5) is 2.57. The summed E-state index contributed by atoms with van der Waals surface area (Å²) < 4.78 is 46.6. The number of hydrogen-bond acceptors (Lipinski definition) is 7. The lowest BCUT2D eigenvalue weighted by atomic mass is 9.90. The van der Waals surface area contributed by atoms with E-state index >= 15 is 0 Å². The lowest BCUT2D eigenvalue weighted by Crippen LogP contribution is -2.47. The number of hydrogen-bond donors (Lipinski definition) is 2. The zero-order chi connectivity index (χ0) is 26.5. The summed E-state index contributed by atoms with van der Waals surface area (Å²) >= 11 is 0. The zero-order valence-electron chi connectivity index (χ0n) is 21.4. The second kappa shape index (κ2) is 11.9. The molecule has 8 nitrogen and oxygen atoms in total. The van der Waals surface area contributed by atoms with E-state index in [4.69, 9.17) is 14.2 Å². The van der Waals surface area contributed by atoms with Gasteiger partial charge in [0.15, 0.2) is 6.29 Å². The molecule has 2 fully saturated rings. The predicted molar refractivity (Wildman–Crippen MR) is 144 cm³/mol. The molecule has 0 radical (unpaired) electrons. The summed E-state index contributed by atoms with van der Waals surface area (Å²) in [6.45, 7) is 6.07. The van der Waals surface area contributed by atoms with Crippen LogP contribution in [0, 0.1) is 5.92 Å². The van der Waals surface area contributed by atoms with Crippen LogP contribution in [0.25, 0.3) is 0 Å². The Morgan fingerprint density at radius 3 is 2.21 bits per heavy atom. The molecule has 0 aromatic heterocycles. The number of anilines is 1. The molecule has 4 atom stereocenters. The van der Waals surface area contributed by atoms with Crippen molar-refractivity contribution >= 4 is 15.7 Å². The Morgan fingerprint density at radius 1 is 0.895 bits per heavy atom. The average molecular weight is 539 g/mol. The standard InChI is InChI=1S/C29H34N2O6S/c1-21-27(19-31-15-17-35-18-16-31)36-29(37-28(21)23-9-7-22(20-32)8-10-23)24-11-13-25(14-12-24)30-38(33,34)26-5-3-2-4-6-26/h2-14,21,27-30,32H,15-20H2,1H3. The molecule has 0 saturated carbocycles. The SMILES string of the molecule is CC1C(CN2CCOCC2)OC(c2ccc(NS(=O)(=O)c3ccccc3)cc2)OC1c1ccc(CO)cc1. The van der Waals surface area contributed by atoms with Gasteiger partial charge in [-0.3, -0.25) is 9.62 Å². The average Bonchev–Trinajstić information content (AvgIpc) is 2.95. The van der Waals surface area contributed by atoms with Gasteiger partial charge in [0.05, 0.1) is 36.9 Å². The molecule has 2 saturated heterocycles. The molecule has 0 aliphatic carbocycles. The third kappa shape index (κ3) is 6.26. The van der Waals surface area contributed by atoms with Crippen molar-refractivity contribution in [1.82, 2.24) is 4.90 Å². The number of benzene rings is 3. The van der Waals surface area contributed by atoms with Crippen molar-refractivity contribution in [2.75, 3.05) is 37.6 Å². The Morgan fingerprint density at radius 2 is 1.55 bits per heavy atom. The van der Waals surface area contributed by atoms with Crippen LogP contribution in [0.3, 0.4) is 0 Å². The van der Waals surface area contributed by atoms with Crippen molar-refractivity contribution in [2.24, 2.45) is 5.92 Å². The van der Waals surface area contributed by atoms with Crippen LogP contribution in [0.5, 0.6) is 0 Å². The minimum atomic E-state index is -3.68. The first-order valence-electron chi connectivity index (χ1n) is 12.9. The molecule has 3 aromatic carbocycles. The van der Waals surface area contributed by atoms with E-state index in [0.29, 0.717) is 18.9 Å². The van der Waals surface area contributed by atoms with Gasteiger partial charge in [-0.25, -0.2) is 8.42 Å². The number of sulfonamides is 1. The number of nitrogens with one attached hydrogen (secondary N) is 1. The van der Waals surface area contributed by atoms with E-state index in [2.05, 4.69) is 16.5 Å². The summed E-state index contributed by atoms with van der Waals surface area (Å²) in [7, 11) is -3.68. The molecule has 0 amide bonds. The summed E-state index contributed by atoms with van der Waals surface area (Å²) in [5.41, 5.74) is 3.15.